The highest BCUT2D eigenvalue weighted by atomic mass is 32.1. The van der Waals surface area contributed by atoms with Crippen molar-refractivity contribution >= 4 is 28.9 Å². The molecule has 0 unspecified atom stereocenters. The summed E-state index contributed by atoms with van der Waals surface area (Å²) >= 11 is 1.10. The zero-order valence-electron chi connectivity index (χ0n) is 20.1. The molecule has 0 saturated heterocycles. The first kappa shape index (κ1) is 25.3. The van der Waals surface area contributed by atoms with E-state index in [1.807, 2.05) is 20.8 Å². The molecule has 2 N–H and O–H groups in total. The Balaban J connectivity index is 1.97. The van der Waals surface area contributed by atoms with Crippen molar-refractivity contribution in [3.8, 4) is 23.7 Å². The minimum Gasteiger partial charge on any atom is -0.477 e. The number of anilines is 1. The minimum absolute atomic E-state index is 0.0237. The van der Waals surface area contributed by atoms with Crippen LogP contribution in [0.3, 0.4) is 0 Å². The van der Waals surface area contributed by atoms with Crippen molar-refractivity contribution in [3.63, 3.8) is 0 Å². The number of hydrogen-bond acceptors (Lipinski definition) is 4. The smallest absolute Gasteiger partial charge is 0.348 e. The Morgan fingerprint density at radius 1 is 1.03 bits per heavy atom. The molecule has 0 atom stereocenters. The van der Waals surface area contributed by atoms with Crippen LogP contribution in [-0.2, 0) is 4.79 Å². The number of aromatic carboxylic acids is 1. The van der Waals surface area contributed by atoms with Crippen molar-refractivity contribution in [1.82, 2.24) is 0 Å². The number of carboxylic acid groups (broad SMARTS) is 1. The molecule has 0 radical (unpaired) electrons. The molecule has 0 spiro atoms. The molecule has 2 aliphatic carbocycles. The Bertz CT molecular complexity index is 981. The van der Waals surface area contributed by atoms with Crippen LogP contribution in [0.25, 0.3) is 0 Å². The third-order valence-electron chi connectivity index (χ3n) is 6.49. The van der Waals surface area contributed by atoms with Gasteiger partial charge in [-0.2, -0.15) is 0 Å². The van der Waals surface area contributed by atoms with Crippen LogP contribution in [0.15, 0.2) is 6.07 Å². The summed E-state index contributed by atoms with van der Waals surface area (Å²) in [5.41, 5.74) is 0.291. The predicted octanol–water partition coefficient (Wildman–Crippen LogP) is 5.31. The molecule has 33 heavy (non-hydrogen) atoms. The van der Waals surface area contributed by atoms with Crippen LogP contribution in [0.1, 0.15) is 93.6 Å². The Kier molecular flexibility index (Phi) is 8.27. The van der Waals surface area contributed by atoms with E-state index in [0.717, 1.165) is 37.0 Å². The van der Waals surface area contributed by atoms with Gasteiger partial charge in [0.25, 0.3) is 0 Å². The molecular weight excluding hydrogens is 434 g/mol. The molecule has 0 bridgehead atoms. The lowest BCUT2D eigenvalue weighted by Gasteiger charge is -2.38. The first-order chi connectivity index (χ1) is 15.5. The van der Waals surface area contributed by atoms with Gasteiger partial charge in [0.05, 0.1) is 16.7 Å². The van der Waals surface area contributed by atoms with Crippen LogP contribution >= 0.6 is 11.3 Å². The molecule has 1 aromatic heterocycles. The van der Waals surface area contributed by atoms with Crippen LogP contribution in [0.5, 0.6) is 0 Å². The molecule has 178 valence electrons. The molecule has 2 saturated carbocycles. The van der Waals surface area contributed by atoms with Gasteiger partial charge in [-0.25, -0.2) is 4.79 Å². The number of hydrogen-bond donors (Lipinski definition) is 2. The van der Waals surface area contributed by atoms with Gasteiger partial charge in [0.15, 0.2) is 0 Å². The van der Waals surface area contributed by atoms with Gasteiger partial charge >= 0.3 is 5.97 Å². The number of thiophene rings is 1. The average Bonchev–Trinajstić information content (AvgIpc) is 3.16. The van der Waals surface area contributed by atoms with E-state index >= 15 is 0 Å². The van der Waals surface area contributed by atoms with E-state index in [1.54, 1.807) is 11.0 Å². The highest BCUT2D eigenvalue weighted by Crippen LogP contribution is 2.38. The summed E-state index contributed by atoms with van der Waals surface area (Å²) in [6, 6.07) is 1.64. The van der Waals surface area contributed by atoms with E-state index in [1.165, 1.54) is 0 Å². The van der Waals surface area contributed by atoms with Gasteiger partial charge in [-0.05, 0) is 102 Å². The number of carbonyl (C=O) groups excluding carboxylic acids is 1. The molecule has 0 aliphatic heterocycles. The SMILES string of the molecule is CC1CCC(C(=O)N(c2cc(C#CC#CC(C)(C)C)sc2C(=O)O)C2CCC(O)CC2)CC1. The fraction of sp³-hybridized carbons (Fsp3) is 0.630. The molecule has 6 heteroatoms. The second-order valence-corrected chi connectivity index (χ2v) is 11.6. The first-order valence-electron chi connectivity index (χ1n) is 12.0. The number of aliphatic hydroxyl groups excluding tert-OH is 1. The summed E-state index contributed by atoms with van der Waals surface area (Å²) in [6.07, 6.45) is 5.96. The largest absolute Gasteiger partial charge is 0.477 e. The number of aliphatic hydroxyl groups is 1. The normalized spacial score (nSPS) is 25.2. The second-order valence-electron chi connectivity index (χ2n) is 10.5. The van der Waals surface area contributed by atoms with Gasteiger partial charge in [-0.3, -0.25) is 4.79 Å². The summed E-state index contributed by atoms with van der Waals surface area (Å²) in [5, 5.41) is 19.9. The number of carbonyl (C=O) groups is 2. The van der Waals surface area contributed by atoms with Crippen LogP contribution in [0.4, 0.5) is 5.69 Å². The molecule has 1 heterocycles. The van der Waals surface area contributed by atoms with Crippen LogP contribution in [0, 0.1) is 40.9 Å². The zero-order valence-corrected chi connectivity index (χ0v) is 20.9. The highest BCUT2D eigenvalue weighted by molar-refractivity contribution is 7.15. The molecule has 0 aromatic carbocycles. The summed E-state index contributed by atoms with van der Waals surface area (Å²) in [7, 11) is 0. The van der Waals surface area contributed by atoms with Gasteiger partial charge in [0.1, 0.15) is 4.88 Å². The molecule has 2 aliphatic rings. The quantitative estimate of drug-likeness (QED) is 0.586. The highest BCUT2D eigenvalue weighted by Gasteiger charge is 2.37. The van der Waals surface area contributed by atoms with E-state index < -0.39 is 5.97 Å². The molecule has 1 aromatic rings. The Hall–Kier alpha value is -2.28. The second kappa shape index (κ2) is 10.8. The van der Waals surface area contributed by atoms with Crippen molar-refractivity contribution in [1.29, 1.82) is 0 Å². The van der Waals surface area contributed by atoms with Gasteiger partial charge in [0.2, 0.25) is 5.91 Å². The predicted molar refractivity (Wildman–Crippen MR) is 132 cm³/mol. The fourth-order valence-electron chi connectivity index (χ4n) is 4.60. The maximum Gasteiger partial charge on any atom is 0.348 e. The number of rotatable bonds is 4. The average molecular weight is 470 g/mol. The zero-order chi connectivity index (χ0) is 24.2. The molecule has 3 rings (SSSR count). The molecule has 5 nitrogen and oxygen atoms in total. The number of carboxylic acids is 1. The van der Waals surface area contributed by atoms with Crippen molar-refractivity contribution < 1.29 is 19.8 Å². The molecular formula is C27H35NO4S. The van der Waals surface area contributed by atoms with Crippen LogP contribution in [0.2, 0.25) is 0 Å². The van der Waals surface area contributed by atoms with E-state index in [4.69, 9.17) is 0 Å². The monoisotopic (exact) mass is 469 g/mol. The Morgan fingerprint density at radius 3 is 2.24 bits per heavy atom. The maximum atomic E-state index is 13.8. The van der Waals surface area contributed by atoms with Gasteiger partial charge in [-0.1, -0.05) is 12.8 Å². The van der Waals surface area contributed by atoms with Crippen LogP contribution in [-0.4, -0.2) is 34.2 Å². The third kappa shape index (κ3) is 6.85. The summed E-state index contributed by atoms with van der Waals surface area (Å²) in [5.74, 6) is 11.2. The third-order valence-corrected chi connectivity index (χ3v) is 7.51. The van der Waals surface area contributed by atoms with E-state index in [2.05, 4.69) is 30.6 Å². The standard InChI is InChI=1S/C27H35NO4S/c1-18-8-10-19(11-9-18)25(30)28(20-12-14-21(29)15-13-20)23-17-22(33-24(23)26(31)32)7-5-6-16-27(2,3)4/h17-21,29H,8-15H2,1-4H3,(H,31,32). The minimum atomic E-state index is -1.05. The van der Waals surface area contributed by atoms with Crippen molar-refractivity contribution in [3.05, 3.63) is 15.8 Å². The lowest BCUT2D eigenvalue weighted by atomic mass is 9.81. The maximum absolute atomic E-state index is 13.8. The Morgan fingerprint density at radius 2 is 1.67 bits per heavy atom. The number of nitrogens with zero attached hydrogens (tertiary/aromatic N) is 1. The summed E-state index contributed by atoms with van der Waals surface area (Å²) < 4.78 is 0. The summed E-state index contributed by atoms with van der Waals surface area (Å²) in [4.78, 5) is 28.4. The van der Waals surface area contributed by atoms with E-state index in [0.29, 0.717) is 42.2 Å². The van der Waals surface area contributed by atoms with Gasteiger partial charge in [-0.15, -0.1) is 11.3 Å². The van der Waals surface area contributed by atoms with E-state index in [9.17, 15) is 19.8 Å². The van der Waals surface area contributed by atoms with Crippen molar-refractivity contribution in [2.45, 2.75) is 91.2 Å². The fourth-order valence-corrected chi connectivity index (χ4v) is 5.44. The van der Waals surface area contributed by atoms with Crippen LogP contribution < -0.4 is 4.90 Å². The number of amides is 1. The topological polar surface area (TPSA) is 77.8 Å². The van der Waals surface area contributed by atoms with Crippen molar-refractivity contribution in [2.75, 3.05) is 4.90 Å². The molecule has 2 fully saturated rings. The molecule has 1 amide bonds. The van der Waals surface area contributed by atoms with E-state index in [-0.39, 0.29) is 34.3 Å². The van der Waals surface area contributed by atoms with Gasteiger partial charge in [0, 0.05) is 17.4 Å². The lowest BCUT2D eigenvalue weighted by Crippen LogP contribution is -2.47. The lowest BCUT2D eigenvalue weighted by molar-refractivity contribution is -0.124. The van der Waals surface area contributed by atoms with Crippen molar-refractivity contribution in [2.24, 2.45) is 17.3 Å². The summed E-state index contributed by atoms with van der Waals surface area (Å²) in [6.45, 7) is 8.23. The Labute approximate surface area is 201 Å². The first-order valence-corrected chi connectivity index (χ1v) is 12.8. The van der Waals surface area contributed by atoms with Gasteiger partial charge < -0.3 is 15.1 Å².